The average molecular weight is 355 g/mol. The SMILES string of the molecule is Nc1nc(NCC(O)C(O)C(O)COP(=O)(O)O)c(N)c(=O)[nH]1. The second kappa shape index (κ2) is 7.70. The van der Waals surface area contributed by atoms with Crippen LogP contribution in [0.25, 0.3) is 0 Å². The number of aromatic nitrogens is 2. The Bertz CT molecular complexity index is 633. The van der Waals surface area contributed by atoms with Crippen molar-refractivity contribution in [2.24, 2.45) is 0 Å². The van der Waals surface area contributed by atoms with Gasteiger partial charge in [-0.15, -0.1) is 0 Å². The summed E-state index contributed by atoms with van der Waals surface area (Å²) in [5.74, 6) is -0.365. The minimum atomic E-state index is -4.82. The van der Waals surface area contributed by atoms with Gasteiger partial charge in [0.15, 0.2) is 5.82 Å². The molecule has 13 nitrogen and oxygen atoms in total. The van der Waals surface area contributed by atoms with Gasteiger partial charge in [0.2, 0.25) is 5.95 Å². The summed E-state index contributed by atoms with van der Waals surface area (Å²) < 4.78 is 14.5. The molecule has 1 heterocycles. The van der Waals surface area contributed by atoms with Crippen molar-refractivity contribution < 1.29 is 34.2 Å². The molecule has 3 atom stereocenters. The number of aliphatic hydroxyl groups is 3. The van der Waals surface area contributed by atoms with Crippen LogP contribution in [0.5, 0.6) is 0 Å². The maximum absolute atomic E-state index is 11.3. The van der Waals surface area contributed by atoms with Crippen molar-refractivity contribution in [1.82, 2.24) is 9.97 Å². The number of rotatable bonds is 8. The van der Waals surface area contributed by atoms with Gasteiger partial charge in [-0.25, -0.2) is 4.57 Å². The van der Waals surface area contributed by atoms with Crippen molar-refractivity contribution >= 4 is 25.3 Å². The molecule has 0 aliphatic heterocycles. The minimum Gasteiger partial charge on any atom is -0.391 e. The van der Waals surface area contributed by atoms with Crippen LogP contribution in [0.2, 0.25) is 0 Å². The third kappa shape index (κ3) is 6.11. The second-order valence-corrected chi connectivity index (χ2v) is 5.75. The number of anilines is 3. The predicted molar refractivity (Wildman–Crippen MR) is 78.2 cm³/mol. The lowest BCUT2D eigenvalue weighted by Gasteiger charge is -2.23. The Kier molecular flexibility index (Phi) is 6.47. The van der Waals surface area contributed by atoms with Gasteiger partial charge in [0.25, 0.3) is 5.56 Å². The summed E-state index contributed by atoms with van der Waals surface area (Å²) in [6.07, 6.45) is -5.16. The van der Waals surface area contributed by atoms with E-state index >= 15 is 0 Å². The molecule has 0 spiro atoms. The lowest BCUT2D eigenvalue weighted by atomic mass is 10.1. The quantitative estimate of drug-likeness (QED) is 0.207. The van der Waals surface area contributed by atoms with Gasteiger partial charge in [-0.1, -0.05) is 0 Å². The molecule has 132 valence electrons. The van der Waals surface area contributed by atoms with Crippen LogP contribution in [0.3, 0.4) is 0 Å². The lowest BCUT2D eigenvalue weighted by molar-refractivity contribution is -0.0705. The highest BCUT2D eigenvalue weighted by Crippen LogP contribution is 2.35. The number of hydrogen-bond donors (Lipinski definition) is 9. The Hall–Kier alpha value is -1.73. The van der Waals surface area contributed by atoms with E-state index in [1.54, 1.807) is 0 Å². The Morgan fingerprint density at radius 3 is 2.43 bits per heavy atom. The predicted octanol–water partition coefficient (Wildman–Crippen LogP) is -3.46. The van der Waals surface area contributed by atoms with E-state index in [1.807, 2.05) is 0 Å². The zero-order valence-electron chi connectivity index (χ0n) is 11.7. The molecule has 0 radical (unpaired) electrons. The van der Waals surface area contributed by atoms with Gasteiger partial charge in [-0.3, -0.25) is 14.3 Å². The van der Waals surface area contributed by atoms with Crippen molar-refractivity contribution in [3.8, 4) is 0 Å². The summed E-state index contributed by atoms with van der Waals surface area (Å²) in [4.78, 5) is 34.1. The molecule has 11 N–H and O–H groups in total. The van der Waals surface area contributed by atoms with Crippen LogP contribution in [0.4, 0.5) is 17.5 Å². The molecule has 1 rings (SSSR count). The van der Waals surface area contributed by atoms with Gasteiger partial charge in [-0.2, -0.15) is 4.98 Å². The number of nitrogens with zero attached hydrogens (tertiary/aromatic N) is 1. The number of phosphoric ester groups is 1. The molecule has 0 fully saturated rings. The number of aliphatic hydroxyl groups excluding tert-OH is 3. The normalized spacial score (nSPS) is 15.9. The van der Waals surface area contributed by atoms with Crippen LogP contribution >= 0.6 is 7.82 Å². The van der Waals surface area contributed by atoms with Gasteiger partial charge in [0.1, 0.15) is 17.9 Å². The first kappa shape index (κ1) is 19.3. The van der Waals surface area contributed by atoms with E-state index in [2.05, 4.69) is 19.8 Å². The van der Waals surface area contributed by atoms with Crippen LogP contribution in [0.15, 0.2) is 4.79 Å². The molecule has 0 aliphatic rings. The van der Waals surface area contributed by atoms with Crippen molar-refractivity contribution in [3.05, 3.63) is 10.4 Å². The van der Waals surface area contributed by atoms with Crippen molar-refractivity contribution in [2.45, 2.75) is 18.3 Å². The smallest absolute Gasteiger partial charge is 0.391 e. The molecule has 3 unspecified atom stereocenters. The number of nitrogen functional groups attached to an aromatic ring is 2. The highest BCUT2D eigenvalue weighted by Gasteiger charge is 2.27. The van der Waals surface area contributed by atoms with Gasteiger partial charge in [-0.05, 0) is 0 Å². The van der Waals surface area contributed by atoms with Gasteiger partial charge >= 0.3 is 7.82 Å². The van der Waals surface area contributed by atoms with Crippen LogP contribution < -0.4 is 22.3 Å². The fourth-order valence-corrected chi connectivity index (χ4v) is 1.83. The number of nitrogens with two attached hydrogens (primary N) is 2. The van der Waals surface area contributed by atoms with E-state index < -0.39 is 44.8 Å². The van der Waals surface area contributed by atoms with E-state index in [4.69, 9.17) is 21.3 Å². The highest BCUT2D eigenvalue weighted by atomic mass is 31.2. The molecular formula is C9H18N5O8P. The summed E-state index contributed by atoms with van der Waals surface area (Å²) >= 11 is 0. The van der Waals surface area contributed by atoms with Gasteiger partial charge < -0.3 is 41.9 Å². The number of phosphoric acid groups is 1. The molecule has 0 amide bonds. The fourth-order valence-electron chi connectivity index (χ4n) is 1.49. The van der Waals surface area contributed by atoms with Gasteiger partial charge in [0, 0.05) is 6.54 Å². The van der Waals surface area contributed by atoms with Crippen LogP contribution in [0.1, 0.15) is 0 Å². The number of nitrogens with one attached hydrogen (secondary N) is 2. The molecule has 14 heteroatoms. The largest absolute Gasteiger partial charge is 0.469 e. The van der Waals surface area contributed by atoms with Crippen LogP contribution in [-0.4, -0.2) is 66.5 Å². The Labute approximate surface area is 129 Å². The van der Waals surface area contributed by atoms with E-state index in [0.29, 0.717) is 0 Å². The third-order valence-electron chi connectivity index (χ3n) is 2.65. The summed E-state index contributed by atoms with van der Waals surface area (Å²) in [5.41, 5.74) is 9.76. The van der Waals surface area contributed by atoms with Crippen LogP contribution in [0, 0.1) is 0 Å². The second-order valence-electron chi connectivity index (χ2n) is 4.51. The number of aromatic amines is 1. The first-order valence-corrected chi connectivity index (χ1v) is 7.67. The molecule has 0 bridgehead atoms. The molecule has 0 saturated heterocycles. The summed E-state index contributed by atoms with van der Waals surface area (Å²) in [7, 11) is -4.82. The highest BCUT2D eigenvalue weighted by molar-refractivity contribution is 7.46. The van der Waals surface area contributed by atoms with E-state index in [9.17, 15) is 24.7 Å². The minimum absolute atomic E-state index is 0.140. The Morgan fingerprint density at radius 1 is 1.26 bits per heavy atom. The maximum Gasteiger partial charge on any atom is 0.469 e. The van der Waals surface area contributed by atoms with E-state index in [1.165, 1.54) is 0 Å². The Balaban J connectivity index is 2.61. The lowest BCUT2D eigenvalue weighted by Crippen LogP contribution is -2.43. The molecule has 0 aromatic carbocycles. The molecule has 0 aliphatic carbocycles. The Morgan fingerprint density at radius 2 is 1.87 bits per heavy atom. The summed E-state index contributed by atoms with van der Waals surface area (Å²) in [5, 5.41) is 31.2. The number of H-pyrrole nitrogens is 1. The maximum atomic E-state index is 11.3. The molecule has 23 heavy (non-hydrogen) atoms. The molecule has 1 aromatic heterocycles. The third-order valence-corrected chi connectivity index (χ3v) is 3.14. The van der Waals surface area contributed by atoms with Crippen molar-refractivity contribution in [3.63, 3.8) is 0 Å². The topological polar surface area (TPSA) is 237 Å². The van der Waals surface area contributed by atoms with Gasteiger partial charge in [0.05, 0.1) is 12.7 Å². The van der Waals surface area contributed by atoms with Crippen molar-refractivity contribution in [1.29, 1.82) is 0 Å². The fraction of sp³-hybridized carbons (Fsp3) is 0.556. The van der Waals surface area contributed by atoms with E-state index in [-0.39, 0.29) is 17.5 Å². The first-order valence-electron chi connectivity index (χ1n) is 6.14. The average Bonchev–Trinajstić information content (AvgIpc) is 2.44. The standard InChI is InChI=1S/C9H18N5O8P/c10-5-7(13-9(11)14-8(5)18)12-1-3(15)6(17)4(16)2-22-23(19,20)21/h3-4,6,15-17H,1-2,10H2,(H2,19,20,21)(H4,11,12,13,14,18). The zero-order chi connectivity index (χ0) is 17.8. The molecule has 0 saturated carbocycles. The first-order chi connectivity index (χ1) is 10.5. The molecule has 1 aromatic rings. The number of hydrogen-bond acceptors (Lipinski definition) is 10. The summed E-state index contributed by atoms with van der Waals surface area (Å²) in [6.45, 7) is -1.30. The monoisotopic (exact) mass is 355 g/mol. The zero-order valence-corrected chi connectivity index (χ0v) is 12.6. The van der Waals surface area contributed by atoms with Crippen molar-refractivity contribution in [2.75, 3.05) is 29.9 Å². The van der Waals surface area contributed by atoms with Crippen LogP contribution in [-0.2, 0) is 9.09 Å². The molecular weight excluding hydrogens is 337 g/mol. The summed E-state index contributed by atoms with van der Waals surface area (Å²) in [6, 6.07) is 0. The van der Waals surface area contributed by atoms with E-state index in [0.717, 1.165) is 0 Å².